The van der Waals surface area contributed by atoms with Gasteiger partial charge in [0.05, 0.1) is 4.75 Å². The average Bonchev–Trinajstić information content (AvgIpc) is 2.12. The maximum absolute atomic E-state index is 12.1. The molecule has 0 aliphatic carbocycles. The molecule has 0 fully saturated rings. The molecule has 1 atom stereocenters. The van der Waals surface area contributed by atoms with E-state index in [9.17, 15) is 21.6 Å². The first-order valence-corrected chi connectivity index (χ1v) is 7.80. The van der Waals surface area contributed by atoms with Crippen LogP contribution in [-0.2, 0) is 9.84 Å². The summed E-state index contributed by atoms with van der Waals surface area (Å²) in [5, 5.41) is 2.97. The lowest BCUT2D eigenvalue weighted by Gasteiger charge is -2.33. The van der Waals surface area contributed by atoms with Gasteiger partial charge in [-0.15, -0.1) is 0 Å². The van der Waals surface area contributed by atoms with Crippen molar-refractivity contribution >= 4 is 9.84 Å². The van der Waals surface area contributed by atoms with Gasteiger partial charge in [-0.2, -0.15) is 13.2 Å². The fourth-order valence-electron chi connectivity index (χ4n) is 1.71. The summed E-state index contributed by atoms with van der Waals surface area (Å²) in [4.78, 5) is 0. The van der Waals surface area contributed by atoms with Gasteiger partial charge in [-0.25, -0.2) is 8.42 Å². The van der Waals surface area contributed by atoms with Gasteiger partial charge in [0.25, 0.3) is 0 Å². The highest BCUT2D eigenvalue weighted by Gasteiger charge is 2.38. The van der Waals surface area contributed by atoms with Crippen LogP contribution in [0.15, 0.2) is 0 Å². The molecule has 18 heavy (non-hydrogen) atoms. The summed E-state index contributed by atoms with van der Waals surface area (Å²) in [6.45, 7) is 5.41. The standard InChI is InChI=1S/C11H22F3NO2S/c1-5-15-9(7-6-8-11(12,13)14)10(2,3)18(4,16)17/h9,15H,5-8H2,1-4H3. The van der Waals surface area contributed by atoms with Crippen molar-refractivity contribution in [1.82, 2.24) is 5.32 Å². The molecule has 1 N–H and O–H groups in total. The third kappa shape index (κ3) is 5.56. The molecule has 0 spiro atoms. The Bertz CT molecular complexity index is 350. The van der Waals surface area contributed by atoms with E-state index in [-0.39, 0.29) is 12.8 Å². The number of sulfone groups is 1. The molecule has 0 amide bonds. The van der Waals surface area contributed by atoms with Crippen LogP contribution in [-0.4, -0.2) is 38.2 Å². The third-order valence-electron chi connectivity index (χ3n) is 3.20. The van der Waals surface area contributed by atoms with Crippen molar-refractivity contribution in [2.75, 3.05) is 12.8 Å². The van der Waals surface area contributed by atoms with E-state index in [0.717, 1.165) is 6.26 Å². The predicted octanol–water partition coefficient (Wildman–Crippen LogP) is 2.52. The van der Waals surface area contributed by atoms with Gasteiger partial charge in [0.1, 0.15) is 0 Å². The molecule has 0 heterocycles. The first-order valence-electron chi connectivity index (χ1n) is 5.91. The van der Waals surface area contributed by atoms with Crippen molar-refractivity contribution in [3.05, 3.63) is 0 Å². The average molecular weight is 289 g/mol. The second-order valence-electron chi connectivity index (χ2n) is 4.99. The van der Waals surface area contributed by atoms with Crippen LogP contribution in [0.4, 0.5) is 13.2 Å². The summed E-state index contributed by atoms with van der Waals surface area (Å²) < 4.78 is 58.5. The molecule has 0 aromatic carbocycles. The number of hydrogen-bond donors (Lipinski definition) is 1. The molecule has 0 aromatic rings. The van der Waals surface area contributed by atoms with Gasteiger partial charge in [-0.05, 0) is 33.2 Å². The van der Waals surface area contributed by atoms with E-state index in [1.54, 1.807) is 20.8 Å². The molecule has 0 bridgehead atoms. The Morgan fingerprint density at radius 1 is 1.22 bits per heavy atom. The van der Waals surface area contributed by atoms with Gasteiger partial charge in [-0.1, -0.05) is 6.92 Å². The summed E-state index contributed by atoms with van der Waals surface area (Å²) in [6, 6.07) is -0.472. The molecule has 3 nitrogen and oxygen atoms in total. The largest absolute Gasteiger partial charge is 0.389 e. The number of nitrogens with one attached hydrogen (secondary N) is 1. The van der Waals surface area contributed by atoms with Crippen molar-refractivity contribution in [1.29, 1.82) is 0 Å². The van der Waals surface area contributed by atoms with Gasteiger partial charge in [0.15, 0.2) is 9.84 Å². The van der Waals surface area contributed by atoms with Crippen molar-refractivity contribution in [2.45, 2.75) is 57.0 Å². The molecule has 7 heteroatoms. The minimum Gasteiger partial charge on any atom is -0.313 e. The Morgan fingerprint density at radius 3 is 2.06 bits per heavy atom. The quantitative estimate of drug-likeness (QED) is 0.783. The van der Waals surface area contributed by atoms with Crippen LogP contribution < -0.4 is 5.32 Å². The van der Waals surface area contributed by atoms with E-state index in [0.29, 0.717) is 6.54 Å². The van der Waals surface area contributed by atoms with E-state index in [1.165, 1.54) is 0 Å². The highest BCUT2D eigenvalue weighted by atomic mass is 32.2. The summed E-state index contributed by atoms with van der Waals surface area (Å²) in [5.74, 6) is 0. The van der Waals surface area contributed by atoms with Crippen LogP contribution >= 0.6 is 0 Å². The van der Waals surface area contributed by atoms with Gasteiger partial charge in [0, 0.05) is 18.7 Å². The zero-order valence-electron chi connectivity index (χ0n) is 11.3. The van der Waals surface area contributed by atoms with E-state index in [4.69, 9.17) is 0 Å². The first kappa shape index (κ1) is 17.7. The fourth-order valence-corrected chi connectivity index (χ4v) is 2.42. The first-order chi connectivity index (χ1) is 7.92. The molecule has 0 saturated carbocycles. The van der Waals surface area contributed by atoms with Crippen molar-refractivity contribution in [3.63, 3.8) is 0 Å². The zero-order chi connectivity index (χ0) is 14.6. The number of rotatable bonds is 7. The predicted molar refractivity (Wildman–Crippen MR) is 66.3 cm³/mol. The number of hydrogen-bond acceptors (Lipinski definition) is 3. The summed E-state index contributed by atoms with van der Waals surface area (Å²) in [5.41, 5.74) is 0. The molecular formula is C11H22F3NO2S. The molecule has 0 aromatic heterocycles. The molecule has 0 saturated heterocycles. The minimum atomic E-state index is -4.19. The van der Waals surface area contributed by atoms with Gasteiger partial charge >= 0.3 is 6.18 Å². The molecule has 0 radical (unpaired) electrons. The van der Waals surface area contributed by atoms with Crippen LogP contribution in [0, 0.1) is 0 Å². The van der Waals surface area contributed by atoms with E-state index in [1.807, 2.05) is 0 Å². The van der Waals surface area contributed by atoms with Gasteiger partial charge in [-0.3, -0.25) is 0 Å². The topological polar surface area (TPSA) is 46.2 Å². The maximum Gasteiger partial charge on any atom is 0.389 e. The lowest BCUT2D eigenvalue weighted by Crippen LogP contribution is -2.51. The number of alkyl halides is 3. The normalized spacial score (nSPS) is 15.7. The fraction of sp³-hybridized carbons (Fsp3) is 1.00. The Hall–Kier alpha value is -0.300. The smallest absolute Gasteiger partial charge is 0.313 e. The van der Waals surface area contributed by atoms with Crippen LogP contribution in [0.3, 0.4) is 0 Å². The summed E-state index contributed by atoms with van der Waals surface area (Å²) in [7, 11) is -3.33. The highest BCUT2D eigenvalue weighted by Crippen LogP contribution is 2.27. The Balaban J connectivity index is 4.68. The molecule has 0 aliphatic rings. The van der Waals surface area contributed by atoms with Crippen LogP contribution in [0.25, 0.3) is 0 Å². The van der Waals surface area contributed by atoms with Crippen molar-refractivity contribution in [2.24, 2.45) is 0 Å². The van der Waals surface area contributed by atoms with Crippen LogP contribution in [0.1, 0.15) is 40.0 Å². The Morgan fingerprint density at radius 2 is 1.72 bits per heavy atom. The summed E-state index contributed by atoms with van der Waals surface area (Å²) in [6.07, 6.45) is -3.84. The van der Waals surface area contributed by atoms with Gasteiger partial charge < -0.3 is 5.32 Å². The van der Waals surface area contributed by atoms with Crippen molar-refractivity contribution < 1.29 is 21.6 Å². The number of halogens is 3. The minimum absolute atomic E-state index is 0.0693. The monoisotopic (exact) mass is 289 g/mol. The summed E-state index contributed by atoms with van der Waals surface area (Å²) >= 11 is 0. The molecule has 110 valence electrons. The molecule has 0 rings (SSSR count). The lowest BCUT2D eigenvalue weighted by atomic mass is 9.97. The van der Waals surface area contributed by atoms with Crippen LogP contribution in [0.2, 0.25) is 0 Å². The van der Waals surface area contributed by atoms with Gasteiger partial charge in [0.2, 0.25) is 0 Å². The molecular weight excluding hydrogens is 267 g/mol. The Kier molecular flexibility index (Phi) is 6.13. The van der Waals surface area contributed by atoms with E-state index in [2.05, 4.69) is 5.32 Å². The van der Waals surface area contributed by atoms with Crippen molar-refractivity contribution in [3.8, 4) is 0 Å². The lowest BCUT2D eigenvalue weighted by molar-refractivity contribution is -0.135. The molecule has 0 aliphatic heterocycles. The zero-order valence-corrected chi connectivity index (χ0v) is 12.1. The second kappa shape index (κ2) is 6.23. The Labute approximate surface area is 107 Å². The highest BCUT2D eigenvalue weighted by molar-refractivity contribution is 7.92. The third-order valence-corrected chi connectivity index (χ3v) is 5.39. The van der Waals surface area contributed by atoms with E-state index < -0.39 is 33.2 Å². The maximum atomic E-state index is 12.1. The van der Waals surface area contributed by atoms with Crippen LogP contribution in [0.5, 0.6) is 0 Å². The van der Waals surface area contributed by atoms with E-state index >= 15 is 0 Å². The molecule has 1 unspecified atom stereocenters. The second-order valence-corrected chi connectivity index (χ2v) is 7.59. The SMILES string of the molecule is CCNC(CCCC(F)(F)F)C(C)(C)S(C)(=O)=O.